The normalized spacial score (nSPS) is 17.7. The first-order valence-electron chi connectivity index (χ1n) is 6.07. The highest BCUT2D eigenvalue weighted by molar-refractivity contribution is 5.25. The van der Waals surface area contributed by atoms with Gasteiger partial charge in [-0.3, -0.25) is 0 Å². The molecule has 2 rings (SSSR count). The van der Waals surface area contributed by atoms with Crippen LogP contribution in [0.15, 0.2) is 18.2 Å². The molecule has 0 amide bonds. The van der Waals surface area contributed by atoms with Crippen LogP contribution in [0.3, 0.4) is 0 Å². The molecule has 1 saturated heterocycles. The van der Waals surface area contributed by atoms with E-state index in [0.717, 1.165) is 38.1 Å². The van der Waals surface area contributed by atoms with Gasteiger partial charge in [-0.1, -0.05) is 6.07 Å². The average molecular weight is 276 g/mol. The molecule has 6 heteroatoms. The lowest BCUT2D eigenvalue weighted by Crippen LogP contribution is -2.28. The summed E-state index contributed by atoms with van der Waals surface area (Å²) in [4.78, 5) is 0. The molecule has 0 atom stereocenters. The first-order chi connectivity index (χ1) is 8.97. The van der Waals surface area contributed by atoms with Crippen molar-refractivity contribution in [2.45, 2.75) is 31.7 Å². The van der Waals surface area contributed by atoms with E-state index in [1.807, 2.05) is 0 Å². The van der Waals surface area contributed by atoms with Gasteiger partial charge in [-0.2, -0.15) is 13.2 Å². The zero-order valence-electron chi connectivity index (χ0n) is 10.2. The standard InChI is InChI=1S/C13H14F4NO/c14-12-7-10(13(15,16)17)2-1-9(12)8-19-11-3-5-18-6-4-11/h1-2,7,11H,3-6,8H2. The van der Waals surface area contributed by atoms with Crippen LogP contribution in [0.1, 0.15) is 24.0 Å². The topological polar surface area (TPSA) is 23.3 Å². The number of piperidine rings is 1. The molecular formula is C13H14F4NO. The van der Waals surface area contributed by atoms with Crippen LogP contribution < -0.4 is 5.32 Å². The van der Waals surface area contributed by atoms with Gasteiger partial charge in [0, 0.05) is 18.7 Å². The molecule has 2 nitrogen and oxygen atoms in total. The maximum atomic E-state index is 13.5. The summed E-state index contributed by atoms with van der Waals surface area (Å²) in [6.07, 6.45) is -2.95. The van der Waals surface area contributed by atoms with Crippen molar-refractivity contribution in [3.63, 3.8) is 0 Å². The zero-order valence-corrected chi connectivity index (χ0v) is 10.2. The van der Waals surface area contributed by atoms with E-state index >= 15 is 0 Å². The molecule has 105 valence electrons. The fourth-order valence-corrected chi connectivity index (χ4v) is 1.94. The fraction of sp³-hybridized carbons (Fsp3) is 0.538. The quantitative estimate of drug-likeness (QED) is 0.778. The number of benzene rings is 1. The van der Waals surface area contributed by atoms with E-state index in [1.165, 1.54) is 0 Å². The number of ether oxygens (including phenoxy) is 1. The molecule has 1 aromatic carbocycles. The summed E-state index contributed by atoms with van der Waals surface area (Å²) in [7, 11) is 0. The van der Waals surface area contributed by atoms with E-state index in [9.17, 15) is 17.6 Å². The van der Waals surface area contributed by atoms with Gasteiger partial charge in [0.15, 0.2) is 0 Å². The summed E-state index contributed by atoms with van der Waals surface area (Å²) in [6.45, 7) is 1.44. The third-order valence-corrected chi connectivity index (χ3v) is 3.07. The van der Waals surface area contributed by atoms with E-state index in [-0.39, 0.29) is 18.3 Å². The average Bonchev–Trinajstić information content (AvgIpc) is 2.37. The molecule has 1 radical (unpaired) electrons. The van der Waals surface area contributed by atoms with Gasteiger partial charge >= 0.3 is 6.18 Å². The minimum atomic E-state index is -4.52. The summed E-state index contributed by atoms with van der Waals surface area (Å²) in [5.74, 6) is -0.879. The fourth-order valence-electron chi connectivity index (χ4n) is 1.94. The first kappa shape index (κ1) is 14.3. The number of rotatable bonds is 3. The summed E-state index contributed by atoms with van der Waals surface area (Å²) in [5, 5.41) is 4.16. The Kier molecular flexibility index (Phi) is 4.42. The van der Waals surface area contributed by atoms with Crippen LogP contribution >= 0.6 is 0 Å². The number of hydrogen-bond acceptors (Lipinski definition) is 1. The van der Waals surface area contributed by atoms with Gasteiger partial charge in [0.05, 0.1) is 18.3 Å². The Morgan fingerprint density at radius 1 is 1.21 bits per heavy atom. The smallest absolute Gasteiger partial charge is 0.373 e. The Bertz CT molecular complexity index is 427. The SMILES string of the molecule is Fc1cc(C(F)(F)F)ccc1COC1CC[N]CC1. The van der Waals surface area contributed by atoms with Crippen molar-refractivity contribution < 1.29 is 22.3 Å². The molecule has 0 aromatic heterocycles. The molecule has 0 N–H and O–H groups in total. The molecule has 1 aromatic rings. The third-order valence-electron chi connectivity index (χ3n) is 3.07. The minimum Gasteiger partial charge on any atom is -0.373 e. The van der Waals surface area contributed by atoms with Crippen LogP contribution in [-0.4, -0.2) is 19.2 Å². The highest BCUT2D eigenvalue weighted by atomic mass is 19.4. The Balaban J connectivity index is 1.97. The van der Waals surface area contributed by atoms with E-state index in [1.54, 1.807) is 0 Å². The molecule has 0 aliphatic carbocycles. The van der Waals surface area contributed by atoms with Crippen molar-refractivity contribution in [1.82, 2.24) is 5.32 Å². The second-order valence-corrected chi connectivity index (χ2v) is 4.49. The Hall–Kier alpha value is -1.14. The zero-order chi connectivity index (χ0) is 13.9. The third kappa shape index (κ3) is 3.91. The molecule has 1 fully saturated rings. The second kappa shape index (κ2) is 5.88. The molecule has 1 aliphatic rings. The largest absolute Gasteiger partial charge is 0.416 e. The Labute approximate surface area is 108 Å². The lowest BCUT2D eigenvalue weighted by molar-refractivity contribution is -0.137. The molecular weight excluding hydrogens is 262 g/mol. The minimum absolute atomic E-state index is 0.00532. The van der Waals surface area contributed by atoms with Gasteiger partial charge in [0.25, 0.3) is 0 Å². The van der Waals surface area contributed by atoms with Crippen molar-refractivity contribution in [3.8, 4) is 0 Å². The van der Waals surface area contributed by atoms with Gasteiger partial charge in [0.1, 0.15) is 5.82 Å². The maximum Gasteiger partial charge on any atom is 0.416 e. The van der Waals surface area contributed by atoms with Gasteiger partial charge in [-0.25, -0.2) is 9.71 Å². The highest BCUT2D eigenvalue weighted by Crippen LogP contribution is 2.30. The van der Waals surface area contributed by atoms with Crippen LogP contribution in [0.25, 0.3) is 0 Å². The Morgan fingerprint density at radius 3 is 2.47 bits per heavy atom. The van der Waals surface area contributed by atoms with Crippen molar-refractivity contribution in [2.75, 3.05) is 13.1 Å². The molecule has 1 heterocycles. The van der Waals surface area contributed by atoms with Gasteiger partial charge < -0.3 is 4.74 Å². The van der Waals surface area contributed by atoms with Gasteiger partial charge in [0.2, 0.25) is 0 Å². The first-order valence-corrected chi connectivity index (χ1v) is 6.07. The summed E-state index contributed by atoms with van der Waals surface area (Å²) in [6, 6.07) is 2.51. The lowest BCUT2D eigenvalue weighted by Gasteiger charge is -2.22. The second-order valence-electron chi connectivity index (χ2n) is 4.49. The molecule has 19 heavy (non-hydrogen) atoms. The van der Waals surface area contributed by atoms with Crippen LogP contribution in [0.4, 0.5) is 17.6 Å². The van der Waals surface area contributed by atoms with Gasteiger partial charge in [-0.05, 0) is 25.0 Å². The van der Waals surface area contributed by atoms with Crippen molar-refractivity contribution >= 4 is 0 Å². The molecule has 1 aliphatic heterocycles. The highest BCUT2D eigenvalue weighted by Gasteiger charge is 2.31. The van der Waals surface area contributed by atoms with E-state index in [2.05, 4.69) is 5.32 Å². The predicted molar refractivity (Wildman–Crippen MR) is 61.1 cm³/mol. The van der Waals surface area contributed by atoms with Crippen LogP contribution in [0, 0.1) is 5.82 Å². The molecule has 0 unspecified atom stereocenters. The van der Waals surface area contributed by atoms with Crippen LogP contribution in [-0.2, 0) is 17.5 Å². The van der Waals surface area contributed by atoms with E-state index in [0.29, 0.717) is 6.07 Å². The van der Waals surface area contributed by atoms with Gasteiger partial charge in [-0.15, -0.1) is 0 Å². The Morgan fingerprint density at radius 2 is 1.89 bits per heavy atom. The number of alkyl halides is 3. The molecule has 0 spiro atoms. The predicted octanol–water partition coefficient (Wildman–Crippen LogP) is 3.13. The van der Waals surface area contributed by atoms with Crippen LogP contribution in [0.2, 0.25) is 0 Å². The van der Waals surface area contributed by atoms with E-state index in [4.69, 9.17) is 4.74 Å². The van der Waals surface area contributed by atoms with E-state index < -0.39 is 17.6 Å². The van der Waals surface area contributed by atoms with Crippen molar-refractivity contribution in [1.29, 1.82) is 0 Å². The summed E-state index contributed by atoms with van der Waals surface area (Å²) >= 11 is 0. The summed E-state index contributed by atoms with van der Waals surface area (Å²) < 4.78 is 56.1. The number of halogens is 4. The lowest BCUT2D eigenvalue weighted by atomic mass is 10.1. The van der Waals surface area contributed by atoms with Crippen molar-refractivity contribution in [3.05, 3.63) is 35.1 Å². The number of nitrogens with zero attached hydrogens (tertiary/aromatic N) is 1. The maximum absolute atomic E-state index is 13.5. The number of hydrogen-bond donors (Lipinski definition) is 0. The summed E-state index contributed by atoms with van der Waals surface area (Å²) in [5.41, 5.74) is -0.833. The monoisotopic (exact) mass is 276 g/mol. The van der Waals surface area contributed by atoms with Crippen molar-refractivity contribution in [2.24, 2.45) is 0 Å². The van der Waals surface area contributed by atoms with Crippen LogP contribution in [0.5, 0.6) is 0 Å². The molecule has 0 bridgehead atoms. The molecule has 0 saturated carbocycles.